The lowest BCUT2D eigenvalue weighted by Crippen LogP contribution is -2.38. The summed E-state index contributed by atoms with van der Waals surface area (Å²) in [5.74, 6) is 2.74. The van der Waals surface area contributed by atoms with Crippen molar-refractivity contribution in [2.24, 2.45) is 4.99 Å². The third kappa shape index (κ3) is 5.67. The minimum absolute atomic E-state index is 0.440. The summed E-state index contributed by atoms with van der Waals surface area (Å²) in [6, 6.07) is 8.12. The summed E-state index contributed by atoms with van der Waals surface area (Å²) in [7, 11) is 3.44. The summed E-state index contributed by atoms with van der Waals surface area (Å²) in [6.07, 6.45) is 0. The topological polar surface area (TPSA) is 54.9 Å². The second-order valence-corrected chi connectivity index (χ2v) is 6.46. The third-order valence-corrected chi connectivity index (χ3v) is 4.60. The van der Waals surface area contributed by atoms with Gasteiger partial charge in [-0.3, -0.25) is 4.99 Å². The van der Waals surface area contributed by atoms with Crippen molar-refractivity contribution in [2.45, 2.75) is 26.3 Å². The first-order valence-electron chi connectivity index (χ1n) is 8.44. The van der Waals surface area contributed by atoms with E-state index >= 15 is 0 Å². The number of thiophene rings is 1. The molecule has 1 aromatic heterocycles. The number of nitrogens with one attached hydrogen (secondary N) is 2. The van der Waals surface area contributed by atoms with Crippen molar-refractivity contribution < 1.29 is 9.47 Å². The van der Waals surface area contributed by atoms with E-state index in [1.807, 2.05) is 25.1 Å². The Balaban J connectivity index is 1.88. The van der Waals surface area contributed by atoms with Crippen LogP contribution in [0.2, 0.25) is 0 Å². The van der Waals surface area contributed by atoms with Crippen LogP contribution < -0.4 is 20.1 Å². The van der Waals surface area contributed by atoms with Crippen LogP contribution in [0, 0.1) is 0 Å². The van der Waals surface area contributed by atoms with E-state index in [-0.39, 0.29) is 0 Å². The quantitative estimate of drug-likeness (QED) is 0.557. The molecule has 2 rings (SSSR count). The van der Waals surface area contributed by atoms with E-state index in [2.05, 4.69) is 39.4 Å². The van der Waals surface area contributed by atoms with E-state index < -0.39 is 0 Å². The Labute approximate surface area is 154 Å². The average molecular weight is 362 g/mol. The number of aliphatic imine (C=N–C) groups is 1. The normalized spacial score (nSPS) is 12.6. The first-order valence-corrected chi connectivity index (χ1v) is 9.38. The lowest BCUT2D eigenvalue weighted by Gasteiger charge is -2.16. The molecule has 1 aromatic carbocycles. The van der Waals surface area contributed by atoms with Crippen LogP contribution in [0.4, 0.5) is 0 Å². The van der Waals surface area contributed by atoms with Crippen molar-refractivity contribution >= 4 is 17.3 Å². The zero-order valence-corrected chi connectivity index (χ0v) is 16.2. The molecule has 1 atom stereocenters. The molecule has 2 aromatic rings. The molecule has 0 saturated heterocycles. The third-order valence-electron chi connectivity index (χ3n) is 3.90. The number of rotatable bonds is 8. The monoisotopic (exact) mass is 361 g/mol. The number of methoxy groups -OCH3 is 1. The van der Waals surface area contributed by atoms with Crippen molar-refractivity contribution in [1.82, 2.24) is 10.6 Å². The first-order chi connectivity index (χ1) is 12.2. The zero-order chi connectivity index (χ0) is 18.1. The summed E-state index contributed by atoms with van der Waals surface area (Å²) in [6.45, 7) is 6.28. The molecule has 136 valence electrons. The SMILES string of the molecule is CCOc1ccc(CNC(=NC)NCC(C)c2ccsc2)cc1OC. The highest BCUT2D eigenvalue weighted by molar-refractivity contribution is 7.07. The van der Waals surface area contributed by atoms with Gasteiger partial charge in [0.05, 0.1) is 13.7 Å². The largest absolute Gasteiger partial charge is 0.493 e. The molecular formula is C19H27N3O2S. The number of hydrogen-bond donors (Lipinski definition) is 2. The molecule has 1 unspecified atom stereocenters. The molecule has 1 heterocycles. The fraction of sp³-hybridized carbons (Fsp3) is 0.421. The Morgan fingerprint density at radius 3 is 2.72 bits per heavy atom. The van der Waals surface area contributed by atoms with E-state index in [4.69, 9.17) is 9.47 Å². The van der Waals surface area contributed by atoms with Gasteiger partial charge in [0.15, 0.2) is 17.5 Å². The van der Waals surface area contributed by atoms with Gasteiger partial charge in [-0.15, -0.1) is 0 Å². The summed E-state index contributed by atoms with van der Waals surface area (Å²) < 4.78 is 10.9. The maximum Gasteiger partial charge on any atom is 0.191 e. The van der Waals surface area contributed by atoms with Crippen LogP contribution >= 0.6 is 11.3 Å². The predicted octanol–water partition coefficient (Wildman–Crippen LogP) is 3.62. The number of hydrogen-bond acceptors (Lipinski definition) is 4. The predicted molar refractivity (Wildman–Crippen MR) is 105 cm³/mol. The number of benzene rings is 1. The van der Waals surface area contributed by atoms with Gasteiger partial charge >= 0.3 is 0 Å². The molecule has 0 bridgehead atoms. The molecule has 0 fully saturated rings. The number of nitrogens with zero attached hydrogens (tertiary/aromatic N) is 1. The Hall–Kier alpha value is -2.21. The number of ether oxygens (including phenoxy) is 2. The zero-order valence-electron chi connectivity index (χ0n) is 15.3. The van der Waals surface area contributed by atoms with Crippen LogP contribution in [-0.2, 0) is 6.54 Å². The van der Waals surface area contributed by atoms with Crippen molar-refractivity contribution in [3.8, 4) is 11.5 Å². The van der Waals surface area contributed by atoms with E-state index in [1.54, 1.807) is 25.5 Å². The molecule has 0 amide bonds. The highest BCUT2D eigenvalue weighted by atomic mass is 32.1. The molecule has 0 spiro atoms. The van der Waals surface area contributed by atoms with E-state index in [9.17, 15) is 0 Å². The van der Waals surface area contributed by atoms with E-state index in [0.29, 0.717) is 19.1 Å². The second kappa shape index (κ2) is 9.93. The molecule has 0 radical (unpaired) electrons. The van der Waals surface area contributed by atoms with Crippen LogP contribution in [0.15, 0.2) is 40.0 Å². The summed E-state index contributed by atoms with van der Waals surface area (Å²) in [5, 5.41) is 11.0. The van der Waals surface area contributed by atoms with E-state index in [0.717, 1.165) is 29.6 Å². The summed E-state index contributed by atoms with van der Waals surface area (Å²) >= 11 is 1.73. The molecule has 5 nitrogen and oxygen atoms in total. The summed E-state index contributed by atoms with van der Waals surface area (Å²) in [4.78, 5) is 4.29. The van der Waals surface area contributed by atoms with Gasteiger partial charge in [-0.25, -0.2) is 0 Å². The van der Waals surface area contributed by atoms with Crippen molar-refractivity contribution in [3.63, 3.8) is 0 Å². The first kappa shape index (κ1) is 19.1. The van der Waals surface area contributed by atoms with Crippen molar-refractivity contribution in [1.29, 1.82) is 0 Å². The lowest BCUT2D eigenvalue weighted by atomic mass is 10.1. The van der Waals surface area contributed by atoms with Gasteiger partial charge in [0.2, 0.25) is 0 Å². The Bertz CT molecular complexity index is 671. The Morgan fingerprint density at radius 1 is 1.24 bits per heavy atom. The average Bonchev–Trinajstić information content (AvgIpc) is 3.17. The van der Waals surface area contributed by atoms with Gasteiger partial charge in [-0.2, -0.15) is 11.3 Å². The van der Waals surface area contributed by atoms with Crippen molar-refractivity contribution in [2.75, 3.05) is 27.3 Å². The van der Waals surface area contributed by atoms with Gasteiger partial charge in [-0.1, -0.05) is 13.0 Å². The van der Waals surface area contributed by atoms with Crippen molar-refractivity contribution in [3.05, 3.63) is 46.2 Å². The standard InChI is InChI=1S/C19H27N3O2S/c1-5-24-17-7-6-15(10-18(17)23-4)12-22-19(20-3)21-11-14(2)16-8-9-25-13-16/h6-10,13-14H,5,11-12H2,1-4H3,(H2,20,21,22). The molecule has 25 heavy (non-hydrogen) atoms. The minimum atomic E-state index is 0.440. The van der Waals surface area contributed by atoms with Gasteiger partial charge in [0.25, 0.3) is 0 Å². The molecule has 0 aliphatic rings. The maximum atomic E-state index is 5.55. The molecule has 2 N–H and O–H groups in total. The molecule has 0 saturated carbocycles. The maximum absolute atomic E-state index is 5.55. The molecular weight excluding hydrogens is 334 g/mol. The second-order valence-electron chi connectivity index (χ2n) is 5.68. The number of guanidine groups is 1. The molecule has 0 aliphatic carbocycles. The molecule has 0 aliphatic heterocycles. The Kier molecular flexibility index (Phi) is 7.60. The van der Waals surface area contributed by atoms with E-state index in [1.165, 1.54) is 5.56 Å². The van der Waals surface area contributed by atoms with Crippen LogP contribution in [-0.4, -0.2) is 33.3 Å². The van der Waals surface area contributed by atoms with Gasteiger partial charge in [-0.05, 0) is 52.9 Å². The fourth-order valence-corrected chi connectivity index (χ4v) is 3.21. The lowest BCUT2D eigenvalue weighted by molar-refractivity contribution is 0.310. The minimum Gasteiger partial charge on any atom is -0.493 e. The van der Waals surface area contributed by atoms with Crippen LogP contribution in [0.25, 0.3) is 0 Å². The van der Waals surface area contributed by atoms with Gasteiger partial charge in [0, 0.05) is 20.1 Å². The van der Waals surface area contributed by atoms with Gasteiger partial charge in [0.1, 0.15) is 0 Å². The molecule has 6 heteroatoms. The van der Waals surface area contributed by atoms with Crippen LogP contribution in [0.1, 0.15) is 30.9 Å². The van der Waals surface area contributed by atoms with Gasteiger partial charge < -0.3 is 20.1 Å². The smallest absolute Gasteiger partial charge is 0.191 e. The Morgan fingerprint density at radius 2 is 2.08 bits per heavy atom. The van der Waals surface area contributed by atoms with Crippen LogP contribution in [0.3, 0.4) is 0 Å². The van der Waals surface area contributed by atoms with Crippen LogP contribution in [0.5, 0.6) is 11.5 Å². The fourth-order valence-electron chi connectivity index (χ4n) is 2.43. The highest BCUT2D eigenvalue weighted by Gasteiger charge is 2.08. The highest BCUT2D eigenvalue weighted by Crippen LogP contribution is 2.27. The summed E-state index contributed by atoms with van der Waals surface area (Å²) in [5.41, 5.74) is 2.46.